The van der Waals surface area contributed by atoms with Gasteiger partial charge in [0.25, 0.3) is 0 Å². The summed E-state index contributed by atoms with van der Waals surface area (Å²) in [4.78, 5) is 30.0. The van der Waals surface area contributed by atoms with Gasteiger partial charge in [0.15, 0.2) is 5.82 Å². The number of urea groups is 1. The lowest BCUT2D eigenvalue weighted by Gasteiger charge is -2.59. The van der Waals surface area contributed by atoms with Gasteiger partial charge in [0.2, 0.25) is 0 Å². The summed E-state index contributed by atoms with van der Waals surface area (Å²) in [6.07, 6.45) is 3.64. The molecule has 2 aromatic heterocycles. The molecule has 0 bridgehead atoms. The van der Waals surface area contributed by atoms with Crippen LogP contribution in [0.1, 0.15) is 79.3 Å². The Hall–Kier alpha value is -2.76. The third-order valence-corrected chi connectivity index (χ3v) is 8.73. The number of H-pyrrole nitrogens is 1. The molecule has 2 amide bonds. The lowest BCUT2D eigenvalue weighted by atomic mass is 9.57. The minimum atomic E-state index is -4.24. The summed E-state index contributed by atoms with van der Waals surface area (Å²) in [7, 11) is 0. The smallest absolute Gasteiger partial charge is 0.323 e. The van der Waals surface area contributed by atoms with Gasteiger partial charge in [-0.3, -0.25) is 20.4 Å². The van der Waals surface area contributed by atoms with E-state index in [2.05, 4.69) is 30.5 Å². The van der Waals surface area contributed by atoms with E-state index < -0.39 is 11.7 Å². The first kappa shape index (κ1) is 22.4. The van der Waals surface area contributed by atoms with Crippen molar-refractivity contribution in [2.24, 2.45) is 5.41 Å². The van der Waals surface area contributed by atoms with Gasteiger partial charge in [0.05, 0.1) is 17.6 Å². The molecule has 9 nitrogen and oxygen atoms in total. The molecule has 192 valence electrons. The highest BCUT2D eigenvalue weighted by atomic mass is 19.4. The molecule has 3 aliphatic carbocycles. The van der Waals surface area contributed by atoms with Crippen LogP contribution in [0.15, 0.2) is 12.4 Å². The molecular formula is C24H29F3N8O. The van der Waals surface area contributed by atoms with Crippen molar-refractivity contribution >= 4 is 6.03 Å². The number of hydrogen-bond donors (Lipinski definition) is 2. The number of aromatic amines is 1. The molecule has 7 rings (SSSR count). The Bertz CT molecular complexity index is 1150. The van der Waals surface area contributed by atoms with Crippen LogP contribution in [-0.2, 0) is 6.54 Å². The molecule has 2 aromatic rings. The number of hydrogen-bond acceptors (Lipinski definition) is 6. The Morgan fingerprint density at radius 1 is 1.06 bits per heavy atom. The van der Waals surface area contributed by atoms with Gasteiger partial charge < -0.3 is 9.80 Å². The van der Waals surface area contributed by atoms with Gasteiger partial charge in [-0.2, -0.15) is 18.3 Å². The summed E-state index contributed by atoms with van der Waals surface area (Å²) in [5, 5.41) is 10.1. The standard InChI is InChI=1S/C24H29F3N8O/c25-24(26,27)23(3-4-23)30-8-17-7-29-18(9-28-17)16-10-34(11-16)21(36)35-12-22(13-35)5-15(6-22)20-31-19(32-33-20)14-1-2-14/h7,9,14-16,30H,1-6,8,10-13H2,(H,31,32,33). The fourth-order valence-electron chi connectivity index (χ4n) is 5.97. The third kappa shape index (κ3) is 3.75. The van der Waals surface area contributed by atoms with E-state index in [0.717, 1.165) is 43.3 Å². The molecule has 0 aromatic carbocycles. The molecule has 0 radical (unpaired) electrons. The Kier molecular flexibility index (Phi) is 4.75. The predicted molar refractivity (Wildman–Crippen MR) is 121 cm³/mol. The number of alkyl halides is 3. The highest BCUT2D eigenvalue weighted by Gasteiger charge is 2.63. The second-order valence-corrected chi connectivity index (χ2v) is 11.6. The number of aromatic nitrogens is 5. The van der Waals surface area contributed by atoms with Crippen molar-refractivity contribution in [2.45, 2.75) is 74.5 Å². The van der Waals surface area contributed by atoms with Crippen LogP contribution in [0.25, 0.3) is 0 Å². The Morgan fingerprint density at radius 2 is 1.81 bits per heavy atom. The fraction of sp³-hybridized carbons (Fsp3) is 0.708. The lowest BCUT2D eigenvalue weighted by Crippen LogP contribution is -2.67. The minimum Gasteiger partial charge on any atom is -0.323 e. The Balaban J connectivity index is 0.851. The first-order chi connectivity index (χ1) is 17.2. The molecule has 12 heteroatoms. The molecular weight excluding hydrogens is 473 g/mol. The number of likely N-dealkylation sites (tertiary alicyclic amines) is 2. The number of nitrogens with zero attached hydrogens (tertiary/aromatic N) is 6. The maximum atomic E-state index is 13.1. The second kappa shape index (κ2) is 7.62. The van der Waals surface area contributed by atoms with E-state index in [1.807, 2.05) is 9.80 Å². The van der Waals surface area contributed by atoms with Crippen molar-refractivity contribution in [2.75, 3.05) is 26.2 Å². The average molecular weight is 503 g/mol. The highest BCUT2D eigenvalue weighted by Crippen LogP contribution is 2.56. The largest absolute Gasteiger partial charge is 0.406 e. The minimum absolute atomic E-state index is 0.0392. The van der Waals surface area contributed by atoms with Crippen LogP contribution in [0.5, 0.6) is 0 Å². The Morgan fingerprint density at radius 3 is 2.42 bits per heavy atom. The number of carbonyl (C=O) groups excluding carboxylic acids is 1. The van der Waals surface area contributed by atoms with Crippen LogP contribution < -0.4 is 5.32 Å². The molecule has 5 fully saturated rings. The highest BCUT2D eigenvalue weighted by molar-refractivity contribution is 5.77. The van der Waals surface area contributed by atoms with Crippen molar-refractivity contribution in [3.8, 4) is 0 Å². The van der Waals surface area contributed by atoms with Gasteiger partial charge >= 0.3 is 12.2 Å². The molecule has 2 aliphatic heterocycles. The van der Waals surface area contributed by atoms with Crippen molar-refractivity contribution < 1.29 is 18.0 Å². The molecule has 5 aliphatic rings. The molecule has 2 saturated heterocycles. The van der Waals surface area contributed by atoms with Crippen molar-refractivity contribution in [3.63, 3.8) is 0 Å². The van der Waals surface area contributed by atoms with Crippen LogP contribution in [-0.4, -0.2) is 78.9 Å². The number of rotatable bonds is 6. The van der Waals surface area contributed by atoms with E-state index in [-0.39, 0.29) is 36.8 Å². The Labute approximate surface area is 206 Å². The van der Waals surface area contributed by atoms with Gasteiger partial charge in [0.1, 0.15) is 11.4 Å². The van der Waals surface area contributed by atoms with E-state index in [1.54, 1.807) is 6.20 Å². The van der Waals surface area contributed by atoms with E-state index in [0.29, 0.717) is 30.6 Å². The van der Waals surface area contributed by atoms with Crippen LogP contribution in [0.4, 0.5) is 18.0 Å². The summed E-state index contributed by atoms with van der Waals surface area (Å²) in [6, 6.07) is 0.0740. The summed E-state index contributed by atoms with van der Waals surface area (Å²) in [6.45, 7) is 2.82. The van der Waals surface area contributed by atoms with Crippen LogP contribution in [0.3, 0.4) is 0 Å². The molecule has 36 heavy (non-hydrogen) atoms. The topological polar surface area (TPSA) is 103 Å². The van der Waals surface area contributed by atoms with Gasteiger partial charge in [-0.1, -0.05) is 0 Å². The summed E-state index contributed by atoms with van der Waals surface area (Å²) in [5.41, 5.74) is -0.266. The van der Waals surface area contributed by atoms with Crippen LogP contribution >= 0.6 is 0 Å². The average Bonchev–Trinajstić information content (AvgIpc) is 3.68. The normalized spacial score (nSPS) is 24.9. The van der Waals surface area contributed by atoms with E-state index in [9.17, 15) is 18.0 Å². The zero-order chi connectivity index (χ0) is 24.7. The molecule has 0 unspecified atom stereocenters. The number of carbonyl (C=O) groups is 1. The molecule has 2 N–H and O–H groups in total. The van der Waals surface area contributed by atoms with Crippen molar-refractivity contribution in [3.05, 3.63) is 35.4 Å². The molecule has 1 spiro atoms. The van der Waals surface area contributed by atoms with E-state index >= 15 is 0 Å². The van der Waals surface area contributed by atoms with Crippen LogP contribution in [0, 0.1) is 5.41 Å². The van der Waals surface area contributed by atoms with Gasteiger partial charge in [0, 0.05) is 62.1 Å². The molecule has 3 saturated carbocycles. The molecule has 0 atom stereocenters. The van der Waals surface area contributed by atoms with E-state index in [4.69, 9.17) is 0 Å². The number of nitrogens with one attached hydrogen (secondary N) is 2. The van der Waals surface area contributed by atoms with Crippen LogP contribution in [0.2, 0.25) is 0 Å². The number of halogens is 3. The van der Waals surface area contributed by atoms with Crippen molar-refractivity contribution in [1.82, 2.24) is 40.3 Å². The lowest BCUT2D eigenvalue weighted by molar-refractivity contribution is -0.166. The summed E-state index contributed by atoms with van der Waals surface area (Å²) < 4.78 is 39.2. The fourth-order valence-corrected chi connectivity index (χ4v) is 5.97. The second-order valence-electron chi connectivity index (χ2n) is 11.6. The first-order valence-electron chi connectivity index (χ1n) is 12.8. The van der Waals surface area contributed by atoms with E-state index in [1.165, 1.54) is 19.0 Å². The van der Waals surface area contributed by atoms with Gasteiger partial charge in [-0.25, -0.2) is 9.78 Å². The first-order valence-corrected chi connectivity index (χ1v) is 12.8. The summed E-state index contributed by atoms with van der Waals surface area (Å²) in [5.74, 6) is 3.07. The molecule has 4 heterocycles. The quantitative estimate of drug-likeness (QED) is 0.630. The zero-order valence-corrected chi connectivity index (χ0v) is 19.9. The zero-order valence-electron chi connectivity index (χ0n) is 19.9. The maximum absolute atomic E-state index is 13.1. The van der Waals surface area contributed by atoms with Gasteiger partial charge in [-0.05, 0) is 38.5 Å². The third-order valence-electron chi connectivity index (χ3n) is 8.73. The van der Waals surface area contributed by atoms with Crippen molar-refractivity contribution in [1.29, 1.82) is 0 Å². The maximum Gasteiger partial charge on any atom is 0.406 e. The summed E-state index contributed by atoms with van der Waals surface area (Å²) >= 11 is 0. The monoisotopic (exact) mass is 502 g/mol. The van der Waals surface area contributed by atoms with Gasteiger partial charge in [-0.15, -0.1) is 0 Å². The SMILES string of the molecule is O=C(N1CC(c2cnc(CNC3(C(F)(F)F)CC3)cn2)C1)N1CC2(CC(c3n[nH]c(C4CC4)n3)C2)C1. The predicted octanol–water partition coefficient (Wildman–Crippen LogP) is 3.06. The number of amides is 2.